The highest BCUT2D eigenvalue weighted by Crippen LogP contribution is 2.11. The summed E-state index contributed by atoms with van der Waals surface area (Å²) in [5.74, 6) is 0.325. The van der Waals surface area contributed by atoms with E-state index in [4.69, 9.17) is 0 Å². The molecule has 0 amide bonds. The number of ketones is 1. The lowest BCUT2D eigenvalue weighted by atomic mass is 10.0. The van der Waals surface area contributed by atoms with Gasteiger partial charge in [0.25, 0.3) is 0 Å². The van der Waals surface area contributed by atoms with Crippen molar-refractivity contribution < 1.29 is 9.90 Å². The monoisotopic (exact) mass is 193 g/mol. The molecule has 3 nitrogen and oxygen atoms in total. The van der Waals surface area contributed by atoms with Gasteiger partial charge in [-0.1, -0.05) is 12.1 Å². The van der Waals surface area contributed by atoms with Crippen molar-refractivity contribution in [2.75, 3.05) is 7.05 Å². The van der Waals surface area contributed by atoms with E-state index in [2.05, 4.69) is 5.32 Å². The van der Waals surface area contributed by atoms with Crippen molar-refractivity contribution in [1.82, 2.24) is 5.32 Å². The minimum absolute atomic E-state index is 0.123. The molecule has 3 heteroatoms. The van der Waals surface area contributed by atoms with Crippen LogP contribution in [0.2, 0.25) is 0 Å². The lowest BCUT2D eigenvalue weighted by Crippen LogP contribution is -2.31. The van der Waals surface area contributed by atoms with E-state index in [1.165, 1.54) is 0 Å². The molecule has 0 spiro atoms. The van der Waals surface area contributed by atoms with Crippen LogP contribution in [0.5, 0.6) is 5.75 Å². The van der Waals surface area contributed by atoms with Gasteiger partial charge >= 0.3 is 0 Å². The summed E-state index contributed by atoms with van der Waals surface area (Å²) in [6.45, 7) is 1.82. The maximum Gasteiger partial charge on any atom is 0.153 e. The summed E-state index contributed by atoms with van der Waals surface area (Å²) in [6, 6.07) is 6.63. The van der Waals surface area contributed by atoms with Gasteiger partial charge in [-0.3, -0.25) is 4.79 Å². The number of phenolic OH excluding ortho intramolecular Hbond substituents is 1. The molecule has 0 aliphatic carbocycles. The van der Waals surface area contributed by atoms with Crippen LogP contribution in [0.4, 0.5) is 0 Å². The summed E-state index contributed by atoms with van der Waals surface area (Å²) >= 11 is 0. The SMILES string of the molecule is CNC(C)C(=O)Cc1cccc(O)c1. The number of carbonyl (C=O) groups is 1. The molecule has 1 unspecified atom stereocenters. The van der Waals surface area contributed by atoms with Crippen LogP contribution in [0.25, 0.3) is 0 Å². The highest BCUT2D eigenvalue weighted by molar-refractivity contribution is 5.85. The van der Waals surface area contributed by atoms with E-state index in [0.29, 0.717) is 6.42 Å². The highest BCUT2D eigenvalue weighted by Gasteiger charge is 2.10. The fraction of sp³-hybridized carbons (Fsp3) is 0.364. The molecule has 14 heavy (non-hydrogen) atoms. The number of benzene rings is 1. The standard InChI is InChI=1S/C11H15NO2/c1-8(12-2)11(14)7-9-4-3-5-10(13)6-9/h3-6,8,12-13H,7H2,1-2H3. The van der Waals surface area contributed by atoms with Crippen LogP contribution in [0.15, 0.2) is 24.3 Å². The smallest absolute Gasteiger partial charge is 0.153 e. The van der Waals surface area contributed by atoms with Gasteiger partial charge in [0, 0.05) is 6.42 Å². The minimum Gasteiger partial charge on any atom is -0.508 e. The number of aromatic hydroxyl groups is 1. The highest BCUT2D eigenvalue weighted by atomic mass is 16.3. The van der Waals surface area contributed by atoms with E-state index in [1.807, 2.05) is 13.0 Å². The van der Waals surface area contributed by atoms with Crippen LogP contribution < -0.4 is 5.32 Å². The van der Waals surface area contributed by atoms with Gasteiger partial charge < -0.3 is 10.4 Å². The van der Waals surface area contributed by atoms with E-state index in [9.17, 15) is 9.90 Å². The van der Waals surface area contributed by atoms with Gasteiger partial charge in [0.2, 0.25) is 0 Å². The van der Waals surface area contributed by atoms with Crippen LogP contribution in [-0.4, -0.2) is 24.0 Å². The molecule has 0 bridgehead atoms. The first-order chi connectivity index (χ1) is 6.63. The first kappa shape index (κ1) is 10.7. The average Bonchev–Trinajstić information content (AvgIpc) is 2.16. The van der Waals surface area contributed by atoms with Gasteiger partial charge in [0.1, 0.15) is 5.75 Å². The molecule has 2 N–H and O–H groups in total. The molecular weight excluding hydrogens is 178 g/mol. The second kappa shape index (κ2) is 4.77. The lowest BCUT2D eigenvalue weighted by molar-refractivity contribution is -0.119. The van der Waals surface area contributed by atoms with Crippen molar-refractivity contribution in [3.63, 3.8) is 0 Å². The molecule has 0 saturated carbocycles. The van der Waals surface area contributed by atoms with E-state index in [-0.39, 0.29) is 17.6 Å². The van der Waals surface area contributed by atoms with Gasteiger partial charge in [-0.05, 0) is 31.7 Å². The minimum atomic E-state index is -0.141. The third kappa shape index (κ3) is 2.85. The van der Waals surface area contributed by atoms with Crippen LogP contribution in [0, 0.1) is 0 Å². The number of Topliss-reactive ketones (excluding diaryl/α,β-unsaturated/α-hetero) is 1. The first-order valence-electron chi connectivity index (χ1n) is 4.61. The molecule has 0 fully saturated rings. The first-order valence-corrected chi connectivity index (χ1v) is 4.61. The number of nitrogens with one attached hydrogen (secondary N) is 1. The Balaban J connectivity index is 2.65. The molecule has 0 radical (unpaired) electrons. The molecular formula is C11H15NO2. The Morgan fingerprint density at radius 3 is 2.86 bits per heavy atom. The van der Waals surface area contributed by atoms with Gasteiger partial charge in [-0.25, -0.2) is 0 Å². The van der Waals surface area contributed by atoms with Crippen molar-refractivity contribution in [2.45, 2.75) is 19.4 Å². The van der Waals surface area contributed by atoms with Crippen LogP contribution in [0.1, 0.15) is 12.5 Å². The van der Waals surface area contributed by atoms with Crippen molar-refractivity contribution in [2.24, 2.45) is 0 Å². The molecule has 1 aromatic carbocycles. The van der Waals surface area contributed by atoms with Gasteiger partial charge in [-0.2, -0.15) is 0 Å². The van der Waals surface area contributed by atoms with E-state index in [1.54, 1.807) is 25.2 Å². The third-order valence-electron chi connectivity index (χ3n) is 2.20. The van der Waals surface area contributed by atoms with Crippen molar-refractivity contribution in [1.29, 1.82) is 0 Å². The van der Waals surface area contributed by atoms with Gasteiger partial charge in [0.05, 0.1) is 6.04 Å². The molecule has 0 saturated heterocycles. The molecule has 1 rings (SSSR count). The number of likely N-dealkylation sites (N-methyl/N-ethyl adjacent to an activating group) is 1. The van der Waals surface area contributed by atoms with Crippen LogP contribution in [0.3, 0.4) is 0 Å². The molecule has 0 aromatic heterocycles. The number of rotatable bonds is 4. The Hall–Kier alpha value is -1.35. The largest absolute Gasteiger partial charge is 0.508 e. The summed E-state index contributed by atoms with van der Waals surface area (Å²) in [7, 11) is 1.75. The summed E-state index contributed by atoms with van der Waals surface area (Å²) in [4.78, 5) is 11.5. The van der Waals surface area contributed by atoms with Crippen molar-refractivity contribution >= 4 is 5.78 Å². The Labute approximate surface area is 83.8 Å². The number of hydrogen-bond donors (Lipinski definition) is 2. The maximum absolute atomic E-state index is 11.5. The summed E-state index contributed by atoms with van der Waals surface area (Å²) in [6.07, 6.45) is 0.358. The Bertz CT molecular complexity index is 323. The van der Waals surface area contributed by atoms with E-state index >= 15 is 0 Å². The Kier molecular flexibility index (Phi) is 3.65. The van der Waals surface area contributed by atoms with Crippen LogP contribution in [-0.2, 0) is 11.2 Å². The summed E-state index contributed by atoms with van der Waals surface area (Å²) in [5.41, 5.74) is 0.845. The number of hydrogen-bond acceptors (Lipinski definition) is 3. The van der Waals surface area contributed by atoms with E-state index < -0.39 is 0 Å². The zero-order chi connectivity index (χ0) is 10.6. The second-order valence-corrected chi connectivity index (χ2v) is 3.32. The zero-order valence-electron chi connectivity index (χ0n) is 8.45. The van der Waals surface area contributed by atoms with Crippen molar-refractivity contribution in [3.8, 4) is 5.75 Å². The maximum atomic E-state index is 11.5. The molecule has 1 atom stereocenters. The summed E-state index contributed by atoms with van der Waals surface area (Å²) < 4.78 is 0. The topological polar surface area (TPSA) is 49.3 Å². The van der Waals surface area contributed by atoms with Crippen LogP contribution >= 0.6 is 0 Å². The average molecular weight is 193 g/mol. The molecule has 76 valence electrons. The summed E-state index contributed by atoms with van der Waals surface area (Å²) in [5, 5.41) is 12.1. The zero-order valence-corrected chi connectivity index (χ0v) is 8.45. The lowest BCUT2D eigenvalue weighted by Gasteiger charge is -2.08. The predicted octanol–water partition coefficient (Wildman–Crippen LogP) is 1.11. The van der Waals surface area contributed by atoms with Gasteiger partial charge in [0.15, 0.2) is 5.78 Å². The third-order valence-corrected chi connectivity index (χ3v) is 2.20. The van der Waals surface area contributed by atoms with E-state index in [0.717, 1.165) is 5.56 Å². The second-order valence-electron chi connectivity index (χ2n) is 3.32. The van der Waals surface area contributed by atoms with Crippen molar-refractivity contribution in [3.05, 3.63) is 29.8 Å². The molecule has 1 aromatic rings. The fourth-order valence-corrected chi connectivity index (χ4v) is 1.18. The quantitative estimate of drug-likeness (QED) is 0.753. The Morgan fingerprint density at radius 2 is 2.29 bits per heavy atom. The number of carbonyl (C=O) groups excluding carboxylic acids is 1. The Morgan fingerprint density at radius 1 is 1.57 bits per heavy atom. The molecule has 0 aliphatic rings. The predicted molar refractivity (Wildman–Crippen MR) is 55.3 cm³/mol. The fourth-order valence-electron chi connectivity index (χ4n) is 1.18. The molecule has 0 heterocycles. The van der Waals surface area contributed by atoms with Gasteiger partial charge in [-0.15, -0.1) is 0 Å². The molecule has 0 aliphatic heterocycles. The number of phenols is 1. The normalized spacial score (nSPS) is 12.4.